The normalized spacial score (nSPS) is 24.4. The summed E-state index contributed by atoms with van der Waals surface area (Å²) in [5, 5.41) is 0.543. The molecule has 2 aliphatic carbocycles. The van der Waals surface area contributed by atoms with Gasteiger partial charge in [-0.05, 0) is 75.9 Å². The molecule has 1 aliphatic heterocycles. The Bertz CT molecular complexity index is 2130. The van der Waals surface area contributed by atoms with E-state index in [4.69, 9.17) is 34.8 Å². The maximum absolute atomic E-state index is 15.9. The second kappa shape index (κ2) is 11.4. The molecule has 1 saturated heterocycles. The van der Waals surface area contributed by atoms with Crippen LogP contribution < -0.4 is 4.90 Å². The SMILES string of the molecule is O=C1[C@@H]2[C@@H](C(=O)N1c1cc(C(F)(F)F)ccc1Cl)[C@@]1(c3ccc(Cl)cc3)C(=O)[C@@]2(c2ccc(Cl)cc2)C(c2ccccc2)=C1c1ccccc1. The highest BCUT2D eigenvalue weighted by molar-refractivity contribution is 6.41. The fraction of sp³-hybridized carbons (Fsp3) is 0.125. The lowest BCUT2D eigenvalue weighted by atomic mass is 9.59. The molecule has 5 aromatic rings. The molecule has 8 rings (SSSR count). The van der Waals surface area contributed by atoms with Crippen LogP contribution in [0.1, 0.15) is 27.8 Å². The van der Waals surface area contributed by atoms with Crippen LogP contribution >= 0.6 is 34.8 Å². The fourth-order valence-corrected chi connectivity index (χ4v) is 8.91. The van der Waals surface area contributed by atoms with Gasteiger partial charge in [-0.25, -0.2) is 4.90 Å². The summed E-state index contributed by atoms with van der Waals surface area (Å²) >= 11 is 19.2. The Labute approximate surface area is 299 Å². The number of benzene rings is 5. The maximum atomic E-state index is 15.9. The van der Waals surface area contributed by atoms with Crippen LogP contribution in [-0.2, 0) is 31.4 Å². The van der Waals surface area contributed by atoms with Gasteiger partial charge in [0.05, 0.1) is 38.9 Å². The molecular weight excluding hydrogens is 706 g/mol. The van der Waals surface area contributed by atoms with Crippen molar-refractivity contribution in [1.82, 2.24) is 0 Å². The summed E-state index contributed by atoms with van der Waals surface area (Å²) in [5.74, 6) is -4.80. The molecule has 0 N–H and O–H groups in total. The first-order valence-corrected chi connectivity index (χ1v) is 16.7. The molecule has 0 spiro atoms. The van der Waals surface area contributed by atoms with Crippen molar-refractivity contribution in [3.8, 4) is 0 Å². The smallest absolute Gasteiger partial charge is 0.297 e. The predicted molar refractivity (Wildman–Crippen MR) is 187 cm³/mol. The lowest BCUT2D eigenvalue weighted by Gasteiger charge is -2.39. The molecule has 5 aromatic carbocycles. The Kier molecular flexibility index (Phi) is 7.43. The molecule has 1 heterocycles. The van der Waals surface area contributed by atoms with Crippen LogP contribution in [0.2, 0.25) is 15.1 Å². The van der Waals surface area contributed by atoms with Crippen molar-refractivity contribution in [2.24, 2.45) is 11.8 Å². The van der Waals surface area contributed by atoms with Gasteiger partial charge in [-0.15, -0.1) is 0 Å². The lowest BCUT2D eigenvalue weighted by molar-refractivity contribution is -0.137. The highest BCUT2D eigenvalue weighted by Crippen LogP contribution is 2.74. The van der Waals surface area contributed by atoms with E-state index < -0.39 is 57.7 Å². The van der Waals surface area contributed by atoms with Crippen molar-refractivity contribution in [3.63, 3.8) is 0 Å². The van der Waals surface area contributed by atoms with Crippen LogP contribution in [0.4, 0.5) is 18.9 Å². The molecule has 0 unspecified atom stereocenters. The molecule has 2 fully saturated rings. The van der Waals surface area contributed by atoms with E-state index in [-0.39, 0.29) is 5.02 Å². The van der Waals surface area contributed by atoms with E-state index in [1.165, 1.54) is 0 Å². The van der Waals surface area contributed by atoms with E-state index in [1.54, 1.807) is 48.5 Å². The summed E-state index contributed by atoms with van der Waals surface area (Å²) in [6, 6.07) is 34.0. The number of hydrogen-bond acceptors (Lipinski definition) is 3. The standard InChI is InChI=1S/C40H23Cl3F3NO3/c41-27-16-11-24(12-17-27)38-31(22-7-3-1-4-8-22)32(23-9-5-2-6-10-23)39(37(38)50,25-13-18-28(42)19-14-25)34-33(38)35(48)47(36(34)49)30-21-26(40(44,45)46)15-20-29(30)43/h1-21,33-34H/t33-,34-,38-,39-/m0/s1. The fourth-order valence-electron chi connectivity index (χ4n) is 8.46. The Morgan fingerprint density at radius 1 is 0.560 bits per heavy atom. The quantitative estimate of drug-likeness (QED) is 0.169. The zero-order chi connectivity index (χ0) is 35.2. The minimum atomic E-state index is -4.78. The number of fused-ring (bicyclic) bond motifs is 5. The summed E-state index contributed by atoms with van der Waals surface area (Å²) < 4.78 is 42.0. The summed E-state index contributed by atoms with van der Waals surface area (Å²) in [5.41, 5.74) is -1.90. The summed E-state index contributed by atoms with van der Waals surface area (Å²) in [4.78, 5) is 46.9. The highest BCUT2D eigenvalue weighted by atomic mass is 35.5. The third kappa shape index (κ3) is 4.30. The number of nitrogens with zero attached hydrogens (tertiary/aromatic N) is 1. The number of rotatable bonds is 5. The van der Waals surface area contributed by atoms with E-state index >= 15 is 14.4 Å². The van der Waals surface area contributed by atoms with Crippen LogP contribution in [0.3, 0.4) is 0 Å². The van der Waals surface area contributed by atoms with Crippen LogP contribution in [-0.4, -0.2) is 17.6 Å². The summed E-state index contributed by atoms with van der Waals surface area (Å²) in [6.45, 7) is 0. The van der Waals surface area contributed by atoms with Crippen LogP contribution in [0.5, 0.6) is 0 Å². The number of imide groups is 1. The van der Waals surface area contributed by atoms with Crippen LogP contribution in [0.15, 0.2) is 127 Å². The number of carbonyl (C=O) groups excluding carboxylic acids is 3. The van der Waals surface area contributed by atoms with Crippen LogP contribution in [0, 0.1) is 11.8 Å². The Hall–Kier alpha value is -4.69. The number of carbonyl (C=O) groups is 3. The van der Waals surface area contributed by atoms with Crippen LogP contribution in [0.25, 0.3) is 11.1 Å². The molecule has 3 aliphatic rings. The molecule has 1 saturated carbocycles. The zero-order valence-electron chi connectivity index (χ0n) is 25.7. The number of alkyl halides is 3. The van der Waals surface area contributed by atoms with Crippen molar-refractivity contribution in [3.05, 3.63) is 170 Å². The van der Waals surface area contributed by atoms with Gasteiger partial charge in [-0.2, -0.15) is 13.2 Å². The topological polar surface area (TPSA) is 54.5 Å². The molecular formula is C40H23Cl3F3NO3. The Morgan fingerprint density at radius 2 is 0.980 bits per heavy atom. The third-order valence-electron chi connectivity index (χ3n) is 10.2. The second-order valence-electron chi connectivity index (χ2n) is 12.6. The van der Waals surface area contributed by atoms with Crippen molar-refractivity contribution in [2.45, 2.75) is 17.0 Å². The molecule has 0 aromatic heterocycles. The maximum Gasteiger partial charge on any atom is 0.416 e. The van der Waals surface area contributed by atoms with E-state index in [2.05, 4.69) is 0 Å². The molecule has 2 bridgehead atoms. The van der Waals surface area contributed by atoms with E-state index in [0.717, 1.165) is 17.0 Å². The van der Waals surface area contributed by atoms with Crippen molar-refractivity contribution < 1.29 is 27.6 Å². The average molecular weight is 729 g/mol. The average Bonchev–Trinajstić information content (AvgIpc) is 3.61. The monoisotopic (exact) mass is 727 g/mol. The van der Waals surface area contributed by atoms with Gasteiger partial charge in [0.15, 0.2) is 5.78 Å². The Balaban J connectivity index is 1.53. The van der Waals surface area contributed by atoms with Crippen molar-refractivity contribution in [2.75, 3.05) is 4.90 Å². The molecule has 2 amide bonds. The van der Waals surface area contributed by atoms with Gasteiger partial charge in [0.25, 0.3) is 0 Å². The number of Topliss-reactive ketones (excluding diaryl/α,β-unsaturated/α-hetero) is 1. The molecule has 248 valence electrons. The van der Waals surface area contributed by atoms with E-state index in [0.29, 0.717) is 49.5 Å². The zero-order valence-corrected chi connectivity index (χ0v) is 28.0. The lowest BCUT2D eigenvalue weighted by Crippen LogP contribution is -2.45. The van der Waals surface area contributed by atoms with E-state index in [1.807, 2.05) is 60.7 Å². The minimum Gasteiger partial charge on any atom is -0.297 e. The molecule has 10 heteroatoms. The number of halogens is 6. The van der Waals surface area contributed by atoms with Gasteiger partial charge in [-0.3, -0.25) is 14.4 Å². The first-order valence-electron chi connectivity index (χ1n) is 15.6. The summed E-state index contributed by atoms with van der Waals surface area (Å²) in [7, 11) is 0. The highest BCUT2D eigenvalue weighted by Gasteiger charge is 2.82. The number of anilines is 1. The first-order chi connectivity index (χ1) is 23.9. The third-order valence-corrected chi connectivity index (χ3v) is 11.1. The van der Waals surface area contributed by atoms with Gasteiger partial charge < -0.3 is 0 Å². The van der Waals surface area contributed by atoms with Gasteiger partial charge in [0.1, 0.15) is 0 Å². The predicted octanol–water partition coefficient (Wildman–Crippen LogP) is 9.85. The number of amides is 2. The largest absolute Gasteiger partial charge is 0.416 e. The molecule has 0 radical (unpaired) electrons. The Morgan fingerprint density at radius 3 is 1.38 bits per heavy atom. The number of ketones is 1. The van der Waals surface area contributed by atoms with Gasteiger partial charge in [-0.1, -0.05) is 120 Å². The van der Waals surface area contributed by atoms with Crippen molar-refractivity contribution in [1.29, 1.82) is 0 Å². The second-order valence-corrected chi connectivity index (χ2v) is 13.9. The van der Waals surface area contributed by atoms with E-state index in [9.17, 15) is 13.2 Å². The number of hydrogen-bond donors (Lipinski definition) is 0. The molecule has 4 nitrogen and oxygen atoms in total. The van der Waals surface area contributed by atoms with Gasteiger partial charge >= 0.3 is 6.18 Å². The molecule has 50 heavy (non-hydrogen) atoms. The summed E-state index contributed by atoms with van der Waals surface area (Å²) in [6.07, 6.45) is -4.78. The van der Waals surface area contributed by atoms with Crippen molar-refractivity contribution >= 4 is 69.2 Å². The minimum absolute atomic E-state index is 0.223. The van der Waals surface area contributed by atoms with Gasteiger partial charge in [0, 0.05) is 10.0 Å². The number of allylic oxidation sites excluding steroid dienone is 2. The molecule has 4 atom stereocenters. The first kappa shape index (κ1) is 32.5. The van der Waals surface area contributed by atoms with Gasteiger partial charge in [0.2, 0.25) is 11.8 Å².